The molecule has 0 bridgehead atoms. The molecule has 1 atom stereocenters. The molecule has 4 nitrogen and oxygen atoms in total. The van der Waals surface area contributed by atoms with Crippen molar-refractivity contribution in [1.29, 1.82) is 0 Å². The van der Waals surface area contributed by atoms with E-state index in [9.17, 15) is 4.79 Å². The molecule has 0 aliphatic heterocycles. The van der Waals surface area contributed by atoms with Gasteiger partial charge in [0.25, 0.3) is 0 Å². The van der Waals surface area contributed by atoms with Gasteiger partial charge in [0, 0.05) is 23.2 Å². The van der Waals surface area contributed by atoms with Crippen LogP contribution in [-0.4, -0.2) is 13.1 Å². The average molecular weight is 283 g/mol. The number of hydrogen-bond donors (Lipinski definition) is 1. The summed E-state index contributed by atoms with van der Waals surface area (Å²) in [6.07, 6.45) is 0.885. The van der Waals surface area contributed by atoms with Gasteiger partial charge in [-0.25, -0.2) is 0 Å². The molecule has 2 N–H and O–H groups in total. The number of ether oxygens (including phenoxy) is 1. The standard InChI is InChI=1S/C17H17NO3/c1-20-17(19)9-7-14(18)11-6-8-16-13(10-11)12-4-2-3-5-15(12)21-16/h2-6,8,10,14H,7,9,18H2,1H3. The molecule has 0 aliphatic carbocycles. The predicted octanol–water partition coefficient (Wildman–Crippen LogP) is 3.54. The maximum Gasteiger partial charge on any atom is 0.305 e. The molecular formula is C17H17NO3. The van der Waals surface area contributed by atoms with Gasteiger partial charge in [0.15, 0.2) is 0 Å². The summed E-state index contributed by atoms with van der Waals surface area (Å²) in [7, 11) is 1.39. The predicted molar refractivity (Wildman–Crippen MR) is 81.9 cm³/mol. The minimum absolute atomic E-state index is 0.192. The molecule has 0 saturated carbocycles. The van der Waals surface area contributed by atoms with Crippen molar-refractivity contribution < 1.29 is 13.9 Å². The third-order valence-corrected chi connectivity index (χ3v) is 3.72. The van der Waals surface area contributed by atoms with E-state index in [0.717, 1.165) is 27.5 Å². The first-order chi connectivity index (χ1) is 10.2. The van der Waals surface area contributed by atoms with Gasteiger partial charge in [-0.2, -0.15) is 0 Å². The zero-order valence-electron chi connectivity index (χ0n) is 11.8. The molecule has 2 aromatic carbocycles. The number of fused-ring (bicyclic) bond motifs is 3. The fraction of sp³-hybridized carbons (Fsp3) is 0.235. The van der Waals surface area contributed by atoms with E-state index in [-0.39, 0.29) is 12.0 Å². The van der Waals surface area contributed by atoms with Crippen LogP contribution in [0.5, 0.6) is 0 Å². The average Bonchev–Trinajstić information content (AvgIpc) is 2.90. The van der Waals surface area contributed by atoms with Crippen LogP contribution in [0.1, 0.15) is 24.4 Å². The lowest BCUT2D eigenvalue weighted by atomic mass is 10.0. The molecule has 1 aromatic heterocycles. The Kier molecular flexibility index (Phi) is 3.62. The Balaban J connectivity index is 1.92. The molecule has 0 aliphatic rings. The van der Waals surface area contributed by atoms with Gasteiger partial charge < -0.3 is 14.9 Å². The summed E-state index contributed by atoms with van der Waals surface area (Å²) < 4.78 is 10.4. The van der Waals surface area contributed by atoms with Gasteiger partial charge in [-0.05, 0) is 30.2 Å². The second kappa shape index (κ2) is 5.58. The van der Waals surface area contributed by atoms with Crippen molar-refractivity contribution in [2.75, 3.05) is 7.11 Å². The SMILES string of the molecule is COC(=O)CCC(N)c1ccc2oc3ccccc3c2c1. The number of rotatable bonds is 4. The Bertz CT molecular complexity index is 791. The van der Waals surface area contributed by atoms with Crippen LogP contribution in [0.25, 0.3) is 21.9 Å². The van der Waals surface area contributed by atoms with E-state index in [1.54, 1.807) is 0 Å². The fourth-order valence-corrected chi connectivity index (χ4v) is 2.52. The second-order valence-corrected chi connectivity index (χ2v) is 5.08. The monoisotopic (exact) mass is 283 g/mol. The molecule has 0 radical (unpaired) electrons. The highest BCUT2D eigenvalue weighted by Crippen LogP contribution is 2.30. The molecule has 108 valence electrons. The molecule has 3 aromatic rings. The molecule has 21 heavy (non-hydrogen) atoms. The highest BCUT2D eigenvalue weighted by molar-refractivity contribution is 6.05. The van der Waals surface area contributed by atoms with E-state index in [4.69, 9.17) is 10.2 Å². The van der Waals surface area contributed by atoms with Gasteiger partial charge in [-0.3, -0.25) is 4.79 Å². The molecule has 3 rings (SSSR count). The third-order valence-electron chi connectivity index (χ3n) is 3.72. The number of esters is 1. The summed E-state index contributed by atoms with van der Waals surface area (Å²) in [5.41, 5.74) is 8.88. The van der Waals surface area contributed by atoms with Gasteiger partial charge in [0.2, 0.25) is 0 Å². The topological polar surface area (TPSA) is 65.5 Å². The molecule has 0 saturated heterocycles. The Morgan fingerprint density at radius 1 is 1.19 bits per heavy atom. The van der Waals surface area contributed by atoms with Crippen molar-refractivity contribution in [1.82, 2.24) is 0 Å². The van der Waals surface area contributed by atoms with Gasteiger partial charge in [0.05, 0.1) is 7.11 Å². The van der Waals surface area contributed by atoms with Gasteiger partial charge in [-0.15, -0.1) is 0 Å². The van der Waals surface area contributed by atoms with E-state index in [2.05, 4.69) is 4.74 Å². The summed E-state index contributed by atoms with van der Waals surface area (Å²) in [5, 5.41) is 2.13. The molecule has 1 unspecified atom stereocenters. The smallest absolute Gasteiger partial charge is 0.305 e. The first-order valence-electron chi connectivity index (χ1n) is 6.92. The summed E-state index contributed by atoms with van der Waals surface area (Å²) in [6, 6.07) is 13.7. The minimum Gasteiger partial charge on any atom is -0.469 e. The number of carbonyl (C=O) groups excluding carboxylic acids is 1. The fourth-order valence-electron chi connectivity index (χ4n) is 2.52. The quantitative estimate of drug-likeness (QED) is 0.744. The Morgan fingerprint density at radius 2 is 1.95 bits per heavy atom. The van der Waals surface area contributed by atoms with Crippen LogP contribution in [0.4, 0.5) is 0 Å². The molecular weight excluding hydrogens is 266 g/mol. The van der Waals surface area contributed by atoms with Crippen molar-refractivity contribution in [3.05, 3.63) is 48.0 Å². The normalized spacial score (nSPS) is 12.7. The van der Waals surface area contributed by atoms with E-state index in [1.165, 1.54) is 7.11 Å². The highest BCUT2D eigenvalue weighted by atomic mass is 16.5. The van der Waals surface area contributed by atoms with Crippen LogP contribution in [0, 0.1) is 0 Å². The number of para-hydroxylation sites is 1. The third kappa shape index (κ3) is 2.62. The minimum atomic E-state index is -0.236. The van der Waals surface area contributed by atoms with Crippen molar-refractivity contribution in [2.24, 2.45) is 5.73 Å². The molecule has 0 fully saturated rings. The summed E-state index contributed by atoms with van der Waals surface area (Å²) in [4.78, 5) is 11.2. The first kappa shape index (κ1) is 13.6. The lowest BCUT2D eigenvalue weighted by Crippen LogP contribution is -2.12. The maximum absolute atomic E-state index is 11.2. The van der Waals surface area contributed by atoms with Gasteiger partial charge >= 0.3 is 5.97 Å². The lowest BCUT2D eigenvalue weighted by Gasteiger charge is -2.11. The van der Waals surface area contributed by atoms with E-state index in [0.29, 0.717) is 12.8 Å². The second-order valence-electron chi connectivity index (χ2n) is 5.08. The van der Waals surface area contributed by atoms with Gasteiger partial charge in [0.1, 0.15) is 11.2 Å². The number of methoxy groups -OCH3 is 1. The number of furan rings is 1. The Hall–Kier alpha value is -2.33. The number of benzene rings is 2. The van der Waals surface area contributed by atoms with E-state index in [1.807, 2.05) is 42.5 Å². The zero-order chi connectivity index (χ0) is 14.8. The number of carbonyl (C=O) groups is 1. The first-order valence-corrected chi connectivity index (χ1v) is 6.92. The summed E-state index contributed by atoms with van der Waals surface area (Å²) in [5.74, 6) is -0.236. The van der Waals surface area contributed by atoms with Crippen molar-refractivity contribution in [3.63, 3.8) is 0 Å². The van der Waals surface area contributed by atoms with Crippen molar-refractivity contribution >= 4 is 27.9 Å². The zero-order valence-corrected chi connectivity index (χ0v) is 11.8. The number of nitrogens with two attached hydrogens (primary N) is 1. The number of hydrogen-bond acceptors (Lipinski definition) is 4. The Morgan fingerprint density at radius 3 is 2.76 bits per heavy atom. The van der Waals surface area contributed by atoms with Crippen molar-refractivity contribution in [3.8, 4) is 0 Å². The molecule has 0 spiro atoms. The van der Waals surface area contributed by atoms with Crippen LogP contribution in [0.15, 0.2) is 46.9 Å². The molecule has 0 amide bonds. The van der Waals surface area contributed by atoms with Crippen LogP contribution in [-0.2, 0) is 9.53 Å². The summed E-state index contributed by atoms with van der Waals surface area (Å²) in [6.45, 7) is 0. The van der Waals surface area contributed by atoms with E-state index < -0.39 is 0 Å². The molecule has 4 heteroatoms. The summed E-state index contributed by atoms with van der Waals surface area (Å²) >= 11 is 0. The van der Waals surface area contributed by atoms with E-state index >= 15 is 0 Å². The van der Waals surface area contributed by atoms with Crippen LogP contribution >= 0.6 is 0 Å². The Labute approximate surface area is 122 Å². The van der Waals surface area contributed by atoms with Gasteiger partial charge in [-0.1, -0.05) is 24.3 Å². The van der Waals surface area contributed by atoms with Crippen LogP contribution in [0.2, 0.25) is 0 Å². The lowest BCUT2D eigenvalue weighted by molar-refractivity contribution is -0.140. The maximum atomic E-state index is 11.2. The van der Waals surface area contributed by atoms with Crippen molar-refractivity contribution in [2.45, 2.75) is 18.9 Å². The van der Waals surface area contributed by atoms with Crippen LogP contribution in [0.3, 0.4) is 0 Å². The van der Waals surface area contributed by atoms with Crippen LogP contribution < -0.4 is 5.73 Å². The molecule has 1 heterocycles. The highest BCUT2D eigenvalue weighted by Gasteiger charge is 2.12. The largest absolute Gasteiger partial charge is 0.469 e.